The van der Waals surface area contributed by atoms with E-state index in [2.05, 4.69) is 0 Å². The SMILES string of the molecule is C[C@](N)(C(=O)O)c1ccc(C(=O)O)c(O)c1. The van der Waals surface area contributed by atoms with Crippen LogP contribution in [0.4, 0.5) is 0 Å². The standard InChI is InChI=1S/C10H11NO5/c1-10(11,9(15)16)5-2-3-6(8(13)14)7(12)4-5/h2-4,12H,11H2,1H3,(H,13,14)(H,15,16)/t10-/m1/s1. The molecule has 0 aromatic heterocycles. The predicted molar refractivity (Wildman–Crippen MR) is 54.2 cm³/mol. The maximum atomic E-state index is 10.8. The van der Waals surface area contributed by atoms with Gasteiger partial charge in [0.25, 0.3) is 0 Å². The summed E-state index contributed by atoms with van der Waals surface area (Å²) in [5, 5.41) is 26.9. The van der Waals surface area contributed by atoms with Crippen LogP contribution in [0.1, 0.15) is 22.8 Å². The first-order valence-electron chi connectivity index (χ1n) is 4.36. The first kappa shape index (κ1) is 12.0. The number of hydrogen-bond acceptors (Lipinski definition) is 4. The largest absolute Gasteiger partial charge is 0.507 e. The van der Waals surface area contributed by atoms with E-state index >= 15 is 0 Å². The van der Waals surface area contributed by atoms with Crippen LogP contribution in [0.3, 0.4) is 0 Å². The van der Waals surface area contributed by atoms with Crippen molar-refractivity contribution in [3.63, 3.8) is 0 Å². The van der Waals surface area contributed by atoms with E-state index in [1.807, 2.05) is 0 Å². The zero-order valence-electron chi connectivity index (χ0n) is 8.47. The van der Waals surface area contributed by atoms with Crippen LogP contribution in [0.2, 0.25) is 0 Å². The van der Waals surface area contributed by atoms with Crippen LogP contribution < -0.4 is 5.73 Å². The van der Waals surface area contributed by atoms with Gasteiger partial charge in [0.15, 0.2) is 0 Å². The van der Waals surface area contributed by atoms with Crippen LogP contribution in [0.15, 0.2) is 18.2 Å². The van der Waals surface area contributed by atoms with Gasteiger partial charge in [-0.05, 0) is 24.6 Å². The number of rotatable bonds is 3. The van der Waals surface area contributed by atoms with Gasteiger partial charge in [-0.2, -0.15) is 0 Å². The Hall–Kier alpha value is -2.08. The quantitative estimate of drug-likeness (QED) is 0.589. The fraction of sp³-hybridized carbons (Fsp3) is 0.200. The van der Waals surface area contributed by atoms with Crippen molar-refractivity contribution in [3.05, 3.63) is 29.3 Å². The summed E-state index contributed by atoms with van der Waals surface area (Å²) in [6, 6.07) is 3.41. The van der Waals surface area contributed by atoms with Crippen LogP contribution in [0, 0.1) is 0 Å². The summed E-state index contributed by atoms with van der Waals surface area (Å²) >= 11 is 0. The Kier molecular flexibility index (Phi) is 2.86. The van der Waals surface area contributed by atoms with Gasteiger partial charge >= 0.3 is 11.9 Å². The number of phenols is 1. The average molecular weight is 225 g/mol. The fourth-order valence-electron chi connectivity index (χ4n) is 1.16. The summed E-state index contributed by atoms with van der Waals surface area (Å²) in [6.45, 7) is 1.25. The number of carboxylic acids is 2. The van der Waals surface area contributed by atoms with Crippen molar-refractivity contribution < 1.29 is 24.9 Å². The zero-order chi connectivity index (χ0) is 12.5. The highest BCUT2D eigenvalue weighted by Crippen LogP contribution is 2.25. The molecule has 86 valence electrons. The molecule has 1 atom stereocenters. The summed E-state index contributed by atoms with van der Waals surface area (Å²) in [7, 11) is 0. The Morgan fingerprint density at radius 1 is 1.31 bits per heavy atom. The van der Waals surface area contributed by atoms with E-state index in [4.69, 9.17) is 15.9 Å². The van der Waals surface area contributed by atoms with E-state index < -0.39 is 23.2 Å². The Balaban J connectivity index is 3.26. The fourth-order valence-corrected chi connectivity index (χ4v) is 1.16. The Labute approximate surface area is 90.9 Å². The van der Waals surface area contributed by atoms with Gasteiger partial charge in [0.2, 0.25) is 0 Å². The van der Waals surface area contributed by atoms with Crippen molar-refractivity contribution in [1.82, 2.24) is 0 Å². The molecule has 6 heteroatoms. The number of nitrogens with two attached hydrogens (primary N) is 1. The zero-order valence-corrected chi connectivity index (χ0v) is 8.47. The lowest BCUT2D eigenvalue weighted by molar-refractivity contribution is -0.143. The first-order valence-corrected chi connectivity index (χ1v) is 4.36. The highest BCUT2D eigenvalue weighted by Gasteiger charge is 2.31. The summed E-state index contributed by atoms with van der Waals surface area (Å²) < 4.78 is 0. The highest BCUT2D eigenvalue weighted by atomic mass is 16.4. The molecule has 0 aliphatic heterocycles. The lowest BCUT2D eigenvalue weighted by Gasteiger charge is -2.20. The molecule has 0 saturated heterocycles. The molecule has 16 heavy (non-hydrogen) atoms. The number of carbonyl (C=O) groups is 2. The van der Waals surface area contributed by atoms with Crippen molar-refractivity contribution in [2.24, 2.45) is 5.73 Å². The molecule has 0 aliphatic rings. The molecule has 6 nitrogen and oxygen atoms in total. The molecule has 0 bridgehead atoms. The first-order chi connectivity index (χ1) is 7.26. The van der Waals surface area contributed by atoms with Crippen LogP contribution in [0.25, 0.3) is 0 Å². The molecular formula is C10H11NO5. The van der Waals surface area contributed by atoms with Gasteiger partial charge in [-0.1, -0.05) is 6.07 Å². The van der Waals surface area contributed by atoms with Crippen molar-refractivity contribution in [2.45, 2.75) is 12.5 Å². The molecule has 0 radical (unpaired) electrons. The van der Waals surface area contributed by atoms with Gasteiger partial charge in [0, 0.05) is 0 Å². The van der Waals surface area contributed by atoms with Crippen LogP contribution in [-0.4, -0.2) is 27.3 Å². The van der Waals surface area contributed by atoms with Crippen LogP contribution in [0.5, 0.6) is 5.75 Å². The molecule has 0 unspecified atom stereocenters. The number of carboxylic acid groups (broad SMARTS) is 2. The third kappa shape index (κ3) is 1.96. The molecule has 0 amide bonds. The van der Waals surface area contributed by atoms with E-state index in [0.717, 1.165) is 12.1 Å². The highest BCUT2D eigenvalue weighted by molar-refractivity contribution is 5.91. The summed E-state index contributed by atoms with van der Waals surface area (Å²) in [6.07, 6.45) is 0. The van der Waals surface area contributed by atoms with Crippen molar-refractivity contribution in [1.29, 1.82) is 0 Å². The molecule has 1 aromatic carbocycles. The van der Waals surface area contributed by atoms with Gasteiger partial charge in [-0.15, -0.1) is 0 Å². The van der Waals surface area contributed by atoms with Gasteiger partial charge < -0.3 is 21.1 Å². The number of hydrogen-bond donors (Lipinski definition) is 4. The number of aliphatic carboxylic acids is 1. The van der Waals surface area contributed by atoms with E-state index in [1.165, 1.54) is 13.0 Å². The molecular weight excluding hydrogens is 214 g/mol. The van der Waals surface area contributed by atoms with E-state index in [9.17, 15) is 14.7 Å². The topological polar surface area (TPSA) is 121 Å². The minimum atomic E-state index is -1.67. The average Bonchev–Trinajstić information content (AvgIpc) is 2.16. The normalized spacial score (nSPS) is 14.1. The van der Waals surface area contributed by atoms with Crippen molar-refractivity contribution in [3.8, 4) is 5.75 Å². The minimum Gasteiger partial charge on any atom is -0.507 e. The van der Waals surface area contributed by atoms with Gasteiger partial charge in [0.1, 0.15) is 16.9 Å². The summed E-state index contributed by atoms with van der Waals surface area (Å²) in [5.74, 6) is -3.07. The Morgan fingerprint density at radius 3 is 2.25 bits per heavy atom. The van der Waals surface area contributed by atoms with E-state index in [0.29, 0.717) is 0 Å². The second kappa shape index (κ2) is 3.82. The van der Waals surface area contributed by atoms with Crippen molar-refractivity contribution >= 4 is 11.9 Å². The maximum Gasteiger partial charge on any atom is 0.339 e. The molecule has 1 aromatic rings. The predicted octanol–water partition coefficient (Wildman–Crippen LogP) is 0.349. The Bertz CT molecular complexity index is 453. The molecule has 0 saturated carbocycles. The van der Waals surface area contributed by atoms with Gasteiger partial charge in [-0.3, -0.25) is 0 Å². The molecule has 0 heterocycles. The number of benzene rings is 1. The summed E-state index contributed by atoms with van der Waals surface area (Å²) in [4.78, 5) is 21.4. The number of aromatic hydroxyl groups is 1. The molecule has 0 aliphatic carbocycles. The third-order valence-corrected chi connectivity index (χ3v) is 2.27. The monoisotopic (exact) mass is 225 g/mol. The second-order valence-corrected chi connectivity index (χ2v) is 3.54. The maximum absolute atomic E-state index is 10.8. The molecule has 5 N–H and O–H groups in total. The molecule has 0 fully saturated rings. The third-order valence-electron chi connectivity index (χ3n) is 2.27. The van der Waals surface area contributed by atoms with Crippen LogP contribution in [-0.2, 0) is 10.3 Å². The van der Waals surface area contributed by atoms with E-state index in [-0.39, 0.29) is 11.1 Å². The molecule has 0 spiro atoms. The number of aromatic carboxylic acids is 1. The van der Waals surface area contributed by atoms with Gasteiger partial charge in [-0.25, -0.2) is 9.59 Å². The van der Waals surface area contributed by atoms with Gasteiger partial charge in [0.05, 0.1) is 0 Å². The second-order valence-electron chi connectivity index (χ2n) is 3.54. The minimum absolute atomic E-state index is 0.127. The van der Waals surface area contributed by atoms with E-state index in [1.54, 1.807) is 0 Å². The Morgan fingerprint density at radius 2 is 1.88 bits per heavy atom. The lowest BCUT2D eigenvalue weighted by Crippen LogP contribution is -2.41. The smallest absolute Gasteiger partial charge is 0.339 e. The van der Waals surface area contributed by atoms with Crippen LogP contribution >= 0.6 is 0 Å². The lowest BCUT2D eigenvalue weighted by atomic mass is 9.92. The summed E-state index contributed by atoms with van der Waals surface area (Å²) in [5.41, 5.74) is 3.67. The molecule has 1 rings (SSSR count). The van der Waals surface area contributed by atoms with Crippen molar-refractivity contribution in [2.75, 3.05) is 0 Å².